The van der Waals surface area contributed by atoms with Gasteiger partial charge < -0.3 is 34.8 Å². The van der Waals surface area contributed by atoms with Gasteiger partial charge in [0.2, 0.25) is 0 Å². The summed E-state index contributed by atoms with van der Waals surface area (Å²) in [6.07, 6.45) is -0.822. The average Bonchev–Trinajstić information content (AvgIpc) is 2.48. The van der Waals surface area contributed by atoms with Gasteiger partial charge in [0, 0.05) is 7.11 Å². The number of halogens is 1. The lowest BCUT2D eigenvalue weighted by atomic mass is 10.5. The molecule has 1 heterocycles. The molecule has 0 aliphatic rings. The summed E-state index contributed by atoms with van der Waals surface area (Å²) in [5, 5.41) is 0. The molecule has 0 amide bonds. The highest BCUT2D eigenvalue weighted by atomic mass is 31.3. The molecule has 0 aromatic carbocycles. The molecule has 0 aliphatic carbocycles. The van der Waals surface area contributed by atoms with Crippen LogP contribution in [0.5, 0.6) is 0 Å². The van der Waals surface area contributed by atoms with Crippen molar-refractivity contribution in [3.8, 4) is 0 Å². The summed E-state index contributed by atoms with van der Waals surface area (Å²) in [6, 6.07) is 0. The monoisotopic (exact) mass is 473 g/mol. The lowest BCUT2D eigenvalue weighted by Crippen LogP contribution is -2.29. The molecule has 0 spiro atoms. The maximum absolute atomic E-state index is 13.3. The SMILES string of the molecule is COC(COP(=O)(O)OP(=O)(O)OP(=O)(O)O)OCn1cc(F)c(N)nc1=O. The van der Waals surface area contributed by atoms with Crippen molar-refractivity contribution in [3.05, 3.63) is 22.5 Å². The van der Waals surface area contributed by atoms with E-state index in [1.165, 1.54) is 0 Å². The van der Waals surface area contributed by atoms with Crippen LogP contribution >= 0.6 is 23.5 Å². The molecule has 3 unspecified atom stereocenters. The second kappa shape index (κ2) is 9.63. The minimum Gasteiger partial charge on any atom is -0.381 e. The van der Waals surface area contributed by atoms with E-state index in [1.807, 2.05) is 0 Å². The number of phosphoric ester groups is 1. The van der Waals surface area contributed by atoms with Gasteiger partial charge in [-0.25, -0.2) is 22.9 Å². The summed E-state index contributed by atoms with van der Waals surface area (Å²) in [5.41, 5.74) is 4.11. The van der Waals surface area contributed by atoms with E-state index in [0.29, 0.717) is 10.8 Å². The van der Waals surface area contributed by atoms with E-state index in [1.54, 1.807) is 0 Å². The zero-order chi connectivity index (χ0) is 21.8. The maximum Gasteiger partial charge on any atom is 0.490 e. The van der Waals surface area contributed by atoms with Crippen LogP contribution in [0.15, 0.2) is 11.0 Å². The van der Waals surface area contributed by atoms with E-state index in [0.717, 1.165) is 7.11 Å². The number of ether oxygens (including phenoxy) is 2. The first kappa shape index (κ1) is 25.0. The number of anilines is 1. The predicted molar refractivity (Wildman–Crippen MR) is 84.6 cm³/mol. The van der Waals surface area contributed by atoms with Crippen LogP contribution in [0.2, 0.25) is 0 Å². The van der Waals surface area contributed by atoms with Gasteiger partial charge in [-0.2, -0.15) is 13.6 Å². The molecule has 0 bridgehead atoms. The average molecular weight is 473 g/mol. The van der Waals surface area contributed by atoms with E-state index >= 15 is 0 Å². The van der Waals surface area contributed by atoms with Crippen LogP contribution in [0.25, 0.3) is 0 Å². The number of hydrogen-bond donors (Lipinski definition) is 5. The number of nitrogens with zero attached hydrogens (tertiary/aromatic N) is 2. The third-order valence-corrected chi connectivity index (χ3v) is 6.23. The lowest BCUT2D eigenvalue weighted by Gasteiger charge is -2.20. The van der Waals surface area contributed by atoms with E-state index < -0.39 is 60.4 Å². The molecule has 1 aromatic heterocycles. The standard InChI is InChI=1S/C8H15FN3O13P3/c1-21-6(22-4-12-2-5(9)7(10)11-8(12)13)3-23-27(17,18)25-28(19,20)24-26(14,15)16/h2,6H,3-4H2,1H3,(H,17,18)(H,19,20)(H2,10,11,13)(H2,14,15,16). The number of hydrogen-bond acceptors (Lipinski definition) is 11. The highest BCUT2D eigenvalue weighted by Gasteiger charge is 2.41. The highest BCUT2D eigenvalue weighted by molar-refractivity contribution is 7.66. The number of phosphoric acid groups is 3. The number of aromatic nitrogens is 2. The maximum atomic E-state index is 13.3. The van der Waals surface area contributed by atoms with Crippen LogP contribution < -0.4 is 11.4 Å². The summed E-state index contributed by atoms with van der Waals surface area (Å²) in [6.45, 7) is -1.61. The second-order valence-electron chi connectivity index (χ2n) is 4.57. The van der Waals surface area contributed by atoms with Gasteiger partial charge in [-0.1, -0.05) is 0 Å². The van der Waals surface area contributed by atoms with Gasteiger partial charge in [-0.05, 0) is 0 Å². The molecule has 16 nitrogen and oxygen atoms in total. The first-order chi connectivity index (χ1) is 12.6. The molecular weight excluding hydrogens is 458 g/mol. The van der Waals surface area contributed by atoms with Crippen molar-refractivity contribution in [3.63, 3.8) is 0 Å². The Morgan fingerprint density at radius 2 is 1.82 bits per heavy atom. The Balaban J connectivity index is 2.67. The molecule has 1 aromatic rings. The smallest absolute Gasteiger partial charge is 0.381 e. The molecule has 20 heteroatoms. The molecule has 0 saturated carbocycles. The summed E-state index contributed by atoms with van der Waals surface area (Å²) in [7, 11) is -15.5. The van der Waals surface area contributed by atoms with Gasteiger partial charge in [0.15, 0.2) is 17.9 Å². The van der Waals surface area contributed by atoms with Gasteiger partial charge in [-0.3, -0.25) is 9.09 Å². The third-order valence-electron chi connectivity index (χ3n) is 2.43. The van der Waals surface area contributed by atoms with Crippen molar-refractivity contribution >= 4 is 29.3 Å². The van der Waals surface area contributed by atoms with Crippen LogP contribution in [0.4, 0.5) is 10.2 Å². The van der Waals surface area contributed by atoms with Gasteiger partial charge in [0.05, 0.1) is 6.20 Å². The quantitative estimate of drug-likeness (QED) is 0.196. The van der Waals surface area contributed by atoms with Crippen LogP contribution in [-0.4, -0.2) is 49.1 Å². The normalized spacial score (nSPS) is 17.6. The van der Waals surface area contributed by atoms with Crippen molar-refractivity contribution < 1.29 is 60.3 Å². The minimum absolute atomic E-state index is 0.628. The fourth-order valence-corrected chi connectivity index (χ4v) is 4.38. The Kier molecular flexibility index (Phi) is 8.59. The Morgan fingerprint density at radius 1 is 1.21 bits per heavy atom. The van der Waals surface area contributed by atoms with Crippen LogP contribution in [0.1, 0.15) is 0 Å². The summed E-state index contributed by atoms with van der Waals surface area (Å²) in [4.78, 5) is 49.7. The molecule has 0 saturated heterocycles. The third kappa shape index (κ3) is 8.96. The molecular formula is C8H15FN3O13P3. The first-order valence-electron chi connectivity index (χ1n) is 6.59. The number of nitrogen functional groups attached to an aromatic ring is 1. The Morgan fingerprint density at radius 3 is 2.36 bits per heavy atom. The number of methoxy groups -OCH3 is 1. The molecule has 28 heavy (non-hydrogen) atoms. The topological polar surface area (TPSA) is 239 Å². The molecule has 0 radical (unpaired) electrons. The largest absolute Gasteiger partial charge is 0.490 e. The first-order valence-corrected chi connectivity index (χ1v) is 11.1. The van der Waals surface area contributed by atoms with Gasteiger partial charge in [0.1, 0.15) is 13.3 Å². The van der Waals surface area contributed by atoms with Crippen LogP contribution in [0, 0.1) is 5.82 Å². The summed E-state index contributed by atoms with van der Waals surface area (Å²) in [5.74, 6) is -1.66. The molecule has 6 N–H and O–H groups in total. The Hall–Kier alpha value is -1.06. The highest BCUT2D eigenvalue weighted by Crippen LogP contribution is 2.66. The van der Waals surface area contributed by atoms with E-state index in [2.05, 4.69) is 18.1 Å². The summed E-state index contributed by atoms with van der Waals surface area (Å²) >= 11 is 0. The van der Waals surface area contributed by atoms with E-state index in [-0.39, 0.29) is 0 Å². The molecule has 0 aliphatic heterocycles. The van der Waals surface area contributed by atoms with Crippen molar-refractivity contribution in [1.82, 2.24) is 9.55 Å². The van der Waals surface area contributed by atoms with Gasteiger partial charge >= 0.3 is 29.2 Å². The molecule has 0 fully saturated rings. The van der Waals surface area contributed by atoms with Crippen molar-refractivity contribution in [2.24, 2.45) is 0 Å². The number of nitrogens with two attached hydrogens (primary N) is 1. The van der Waals surface area contributed by atoms with Gasteiger partial charge in [-0.15, -0.1) is 0 Å². The van der Waals surface area contributed by atoms with Crippen LogP contribution in [-0.2, 0) is 43.0 Å². The van der Waals surface area contributed by atoms with Crippen molar-refractivity contribution in [2.75, 3.05) is 19.5 Å². The molecule has 162 valence electrons. The zero-order valence-corrected chi connectivity index (χ0v) is 16.4. The summed E-state index contributed by atoms with van der Waals surface area (Å²) < 4.78 is 68.1. The van der Waals surface area contributed by atoms with Crippen LogP contribution in [0.3, 0.4) is 0 Å². The fraction of sp³-hybridized carbons (Fsp3) is 0.500. The van der Waals surface area contributed by atoms with Crippen molar-refractivity contribution in [1.29, 1.82) is 0 Å². The number of rotatable bonds is 11. The van der Waals surface area contributed by atoms with Crippen molar-refractivity contribution in [2.45, 2.75) is 13.0 Å². The Labute approximate surface area is 155 Å². The second-order valence-corrected chi connectivity index (χ2v) is 8.99. The molecule has 1 rings (SSSR count). The lowest BCUT2D eigenvalue weighted by molar-refractivity contribution is -0.164. The molecule has 3 atom stereocenters. The minimum atomic E-state index is -5.67. The fourth-order valence-electron chi connectivity index (χ4n) is 1.38. The van der Waals surface area contributed by atoms with Gasteiger partial charge in [0.25, 0.3) is 0 Å². The Bertz CT molecular complexity index is 886. The predicted octanol–water partition coefficient (Wildman–Crippen LogP) is -0.746. The zero-order valence-electron chi connectivity index (χ0n) is 13.7. The van der Waals surface area contributed by atoms with E-state index in [4.69, 9.17) is 29.9 Å². The van der Waals surface area contributed by atoms with E-state index in [9.17, 15) is 27.8 Å².